The van der Waals surface area contributed by atoms with Gasteiger partial charge < -0.3 is 15.4 Å². The third kappa shape index (κ3) is 5.70. The highest BCUT2D eigenvalue weighted by atomic mass is 19.4. The molecule has 2 N–H and O–H groups in total. The minimum Gasteiger partial charge on any atom is -0.474 e. The Kier molecular flexibility index (Phi) is 6.90. The number of hydrogen-bond acceptors (Lipinski definition) is 7. The number of pyridine rings is 1. The van der Waals surface area contributed by atoms with Gasteiger partial charge in [0.25, 0.3) is 5.91 Å². The van der Waals surface area contributed by atoms with Gasteiger partial charge in [0, 0.05) is 60.7 Å². The Morgan fingerprint density at radius 3 is 2.14 bits per heavy atom. The second-order valence-corrected chi connectivity index (χ2v) is 11.4. The SMILES string of the molecule is CC(C)(N)c1cc(OC2[C@H]3CN(C(=O)c4cn(-c5ncccn5)nc4C(F)(F)F)C[C@@H]23)nc(-c2ccc(C(F)(F)F)cc2)c1. The summed E-state index contributed by atoms with van der Waals surface area (Å²) in [5.74, 6) is -1.02. The van der Waals surface area contributed by atoms with Crippen LogP contribution in [0.1, 0.15) is 41.0 Å². The zero-order chi connectivity index (χ0) is 31.6. The summed E-state index contributed by atoms with van der Waals surface area (Å²) in [5.41, 5.74) is 4.20. The summed E-state index contributed by atoms with van der Waals surface area (Å²) < 4.78 is 87.5. The molecule has 230 valence electrons. The normalized spacial score (nSPS) is 20.0. The van der Waals surface area contributed by atoms with Gasteiger partial charge in [0.2, 0.25) is 11.8 Å². The maximum Gasteiger partial charge on any atom is 0.435 e. The van der Waals surface area contributed by atoms with Crippen molar-refractivity contribution in [2.75, 3.05) is 13.1 Å². The van der Waals surface area contributed by atoms with E-state index in [2.05, 4.69) is 20.1 Å². The molecular formula is C29H25F6N7O2. The predicted octanol–water partition coefficient (Wildman–Crippen LogP) is 5.11. The van der Waals surface area contributed by atoms with Crippen molar-refractivity contribution in [3.63, 3.8) is 0 Å². The average molecular weight is 618 g/mol. The minimum atomic E-state index is -4.88. The number of hydrogen-bond donors (Lipinski definition) is 1. The summed E-state index contributed by atoms with van der Waals surface area (Å²) in [6, 6.07) is 9.41. The highest BCUT2D eigenvalue weighted by molar-refractivity contribution is 5.95. The van der Waals surface area contributed by atoms with Crippen LogP contribution in [0.2, 0.25) is 0 Å². The number of aromatic nitrogens is 5. The summed E-state index contributed by atoms with van der Waals surface area (Å²) in [6.07, 6.45) is -6.05. The molecule has 1 saturated carbocycles. The fourth-order valence-electron chi connectivity index (χ4n) is 5.29. The summed E-state index contributed by atoms with van der Waals surface area (Å²) in [4.78, 5) is 26.8. The first-order chi connectivity index (χ1) is 20.6. The topological polar surface area (TPSA) is 112 Å². The van der Waals surface area contributed by atoms with Crippen molar-refractivity contribution in [3.8, 4) is 23.1 Å². The molecule has 4 heterocycles. The van der Waals surface area contributed by atoms with E-state index in [1.54, 1.807) is 26.0 Å². The number of benzene rings is 1. The van der Waals surface area contributed by atoms with Crippen LogP contribution in [0.15, 0.2) is 61.1 Å². The van der Waals surface area contributed by atoms with Crippen LogP contribution in [-0.4, -0.2) is 54.7 Å². The molecule has 6 rings (SSSR count). The molecule has 0 spiro atoms. The number of fused-ring (bicyclic) bond motifs is 1. The Balaban J connectivity index is 1.19. The van der Waals surface area contributed by atoms with Crippen LogP contribution in [0.4, 0.5) is 26.3 Å². The number of likely N-dealkylation sites (tertiary alicyclic amines) is 1. The predicted molar refractivity (Wildman–Crippen MR) is 143 cm³/mol. The van der Waals surface area contributed by atoms with E-state index in [1.807, 2.05) is 0 Å². The Morgan fingerprint density at radius 2 is 1.57 bits per heavy atom. The molecule has 44 heavy (non-hydrogen) atoms. The van der Waals surface area contributed by atoms with Gasteiger partial charge in [0.15, 0.2) is 5.69 Å². The van der Waals surface area contributed by atoms with Gasteiger partial charge in [-0.1, -0.05) is 12.1 Å². The number of amides is 1. The lowest BCUT2D eigenvalue weighted by molar-refractivity contribution is -0.141. The number of halogens is 6. The number of alkyl halides is 6. The molecule has 3 aromatic heterocycles. The van der Waals surface area contributed by atoms with Crippen LogP contribution >= 0.6 is 0 Å². The number of carbonyl (C=O) groups excluding carboxylic acids is 1. The van der Waals surface area contributed by atoms with Gasteiger partial charge in [0.1, 0.15) is 6.10 Å². The summed E-state index contributed by atoms with van der Waals surface area (Å²) in [7, 11) is 0. The van der Waals surface area contributed by atoms with E-state index in [4.69, 9.17) is 10.5 Å². The van der Waals surface area contributed by atoms with E-state index in [0.29, 0.717) is 16.8 Å². The molecule has 0 bridgehead atoms. The Morgan fingerprint density at radius 1 is 0.932 bits per heavy atom. The van der Waals surface area contributed by atoms with Gasteiger partial charge >= 0.3 is 12.4 Å². The molecule has 1 saturated heterocycles. The summed E-state index contributed by atoms with van der Waals surface area (Å²) >= 11 is 0. The van der Waals surface area contributed by atoms with Gasteiger partial charge in [-0.05, 0) is 43.7 Å². The molecule has 1 unspecified atom stereocenters. The van der Waals surface area contributed by atoms with Crippen LogP contribution in [0.3, 0.4) is 0 Å². The Labute approximate surface area is 246 Å². The molecule has 1 amide bonds. The fourth-order valence-corrected chi connectivity index (χ4v) is 5.29. The molecule has 1 aliphatic carbocycles. The summed E-state index contributed by atoms with van der Waals surface area (Å²) in [6.45, 7) is 3.84. The molecule has 15 heteroatoms. The van der Waals surface area contributed by atoms with Gasteiger partial charge in [-0.25, -0.2) is 19.6 Å². The van der Waals surface area contributed by atoms with Crippen LogP contribution < -0.4 is 10.5 Å². The highest BCUT2D eigenvalue weighted by Gasteiger charge is 2.59. The van der Waals surface area contributed by atoms with Crippen molar-refractivity contribution in [1.82, 2.24) is 29.6 Å². The van der Waals surface area contributed by atoms with Crippen molar-refractivity contribution in [2.45, 2.75) is 37.8 Å². The van der Waals surface area contributed by atoms with E-state index in [0.717, 1.165) is 23.0 Å². The van der Waals surface area contributed by atoms with Crippen LogP contribution in [0.5, 0.6) is 5.88 Å². The minimum absolute atomic E-state index is 0.110. The number of nitrogens with zero attached hydrogens (tertiary/aromatic N) is 6. The quantitative estimate of drug-likeness (QED) is 0.300. The van der Waals surface area contributed by atoms with Crippen LogP contribution in [0, 0.1) is 11.8 Å². The Bertz CT molecular complexity index is 1690. The first-order valence-corrected chi connectivity index (χ1v) is 13.5. The third-order valence-corrected chi connectivity index (χ3v) is 7.68. The second kappa shape index (κ2) is 10.3. The smallest absolute Gasteiger partial charge is 0.435 e. The van der Waals surface area contributed by atoms with Crippen molar-refractivity contribution in [1.29, 1.82) is 0 Å². The van der Waals surface area contributed by atoms with E-state index >= 15 is 0 Å². The summed E-state index contributed by atoms with van der Waals surface area (Å²) in [5, 5.41) is 3.54. The molecular weight excluding hydrogens is 592 g/mol. The fraction of sp³-hybridized carbons (Fsp3) is 0.345. The van der Waals surface area contributed by atoms with Crippen LogP contribution in [0.25, 0.3) is 17.2 Å². The molecule has 1 aliphatic heterocycles. The van der Waals surface area contributed by atoms with Crippen molar-refractivity contribution >= 4 is 5.91 Å². The van der Waals surface area contributed by atoms with Gasteiger partial charge in [0.05, 0.1) is 16.8 Å². The first-order valence-electron chi connectivity index (χ1n) is 13.5. The molecule has 3 atom stereocenters. The van der Waals surface area contributed by atoms with Crippen LogP contribution in [-0.2, 0) is 17.9 Å². The van der Waals surface area contributed by atoms with E-state index in [1.165, 1.54) is 35.5 Å². The zero-order valence-corrected chi connectivity index (χ0v) is 23.3. The maximum atomic E-state index is 13.8. The lowest BCUT2D eigenvalue weighted by Gasteiger charge is -2.22. The Hall–Kier alpha value is -4.53. The lowest BCUT2D eigenvalue weighted by Crippen LogP contribution is -2.34. The third-order valence-electron chi connectivity index (χ3n) is 7.68. The van der Waals surface area contributed by atoms with Gasteiger partial charge in [-0.2, -0.15) is 31.4 Å². The molecule has 9 nitrogen and oxygen atoms in total. The standard InChI is InChI=1S/C29H25F6N7O2/c1-27(2,36)17-10-21(15-4-6-16(7-5-15)28(30,31)32)39-22(11-17)44-23-18-12-41(13-19(18)23)25(43)20-14-42(26-37-8-3-9-38-26)40-24(20)29(33,34)35/h3-11,14,18-19,23H,12-13,36H2,1-2H3/t18-,19+,23?. The number of nitrogens with two attached hydrogens (primary N) is 1. The number of carbonyl (C=O) groups is 1. The van der Waals surface area contributed by atoms with Crippen molar-refractivity contribution < 1.29 is 35.9 Å². The molecule has 0 radical (unpaired) electrons. The molecule has 1 aromatic carbocycles. The molecule has 2 fully saturated rings. The van der Waals surface area contributed by atoms with E-state index < -0.39 is 40.6 Å². The second-order valence-electron chi connectivity index (χ2n) is 11.4. The van der Waals surface area contributed by atoms with Gasteiger partial charge in [-0.3, -0.25) is 4.79 Å². The molecule has 4 aromatic rings. The lowest BCUT2D eigenvalue weighted by atomic mass is 9.94. The van der Waals surface area contributed by atoms with Crippen molar-refractivity contribution in [3.05, 3.63) is 83.4 Å². The number of rotatable bonds is 6. The van der Waals surface area contributed by atoms with Crippen molar-refractivity contribution in [2.24, 2.45) is 17.6 Å². The monoisotopic (exact) mass is 617 g/mol. The largest absolute Gasteiger partial charge is 0.474 e. The first kappa shape index (κ1) is 29.5. The number of piperidine rings is 1. The van der Waals surface area contributed by atoms with E-state index in [9.17, 15) is 31.1 Å². The average Bonchev–Trinajstić information content (AvgIpc) is 3.32. The highest BCUT2D eigenvalue weighted by Crippen LogP contribution is 2.48. The molecule has 2 aliphatic rings. The van der Waals surface area contributed by atoms with E-state index in [-0.39, 0.29) is 42.9 Å². The zero-order valence-electron chi connectivity index (χ0n) is 23.3. The van der Waals surface area contributed by atoms with Gasteiger partial charge in [-0.15, -0.1) is 0 Å². The number of ether oxygens (including phenoxy) is 1. The maximum absolute atomic E-state index is 13.8.